The fraction of sp³-hybridized carbons (Fsp3) is 0.286. The van der Waals surface area contributed by atoms with Gasteiger partial charge in [-0.2, -0.15) is 0 Å². The van der Waals surface area contributed by atoms with Gasteiger partial charge in [-0.05, 0) is 35.4 Å². The number of hydrogen-bond acceptors (Lipinski definition) is 5. The fourth-order valence-corrected chi connectivity index (χ4v) is 4.72. The van der Waals surface area contributed by atoms with Gasteiger partial charge in [-0.1, -0.05) is 44.2 Å². The summed E-state index contributed by atoms with van der Waals surface area (Å²) in [5, 5.41) is 11.2. The molecule has 2 aromatic heterocycles. The Morgan fingerprint density at radius 1 is 0.917 bits per heavy atom. The molecule has 0 saturated carbocycles. The molecule has 8 nitrogen and oxygen atoms in total. The van der Waals surface area contributed by atoms with Crippen molar-refractivity contribution in [3.63, 3.8) is 0 Å². The van der Waals surface area contributed by atoms with Gasteiger partial charge in [0.1, 0.15) is 5.65 Å². The Hall–Kier alpha value is -4.04. The van der Waals surface area contributed by atoms with Crippen molar-refractivity contribution < 1.29 is 9.72 Å². The van der Waals surface area contributed by atoms with Crippen LogP contribution in [0.2, 0.25) is 0 Å². The summed E-state index contributed by atoms with van der Waals surface area (Å²) in [5.74, 6) is 0.198. The first-order valence-corrected chi connectivity index (χ1v) is 12.2. The molecule has 0 bridgehead atoms. The predicted octanol–water partition coefficient (Wildman–Crippen LogP) is 4.88. The largest absolute Gasteiger partial charge is 0.340 e. The summed E-state index contributed by atoms with van der Waals surface area (Å²) in [4.78, 5) is 32.4. The van der Waals surface area contributed by atoms with E-state index in [1.165, 1.54) is 12.1 Å². The van der Waals surface area contributed by atoms with Crippen LogP contribution in [-0.4, -0.2) is 56.2 Å². The standard InChI is InChI=1S/C28H29N5O3/c1-20(2)28(34)31-16-14-30(15-17-31)19-25-27(22-8-11-24(12-9-22)33(35)36)29-26-13-10-23(18-32(25)26)21-6-4-3-5-7-21/h3-13,18,20H,14-17,19H2,1-2H3. The zero-order valence-corrected chi connectivity index (χ0v) is 20.5. The molecule has 8 heteroatoms. The summed E-state index contributed by atoms with van der Waals surface area (Å²) in [6, 6.07) is 20.9. The summed E-state index contributed by atoms with van der Waals surface area (Å²) in [6.45, 7) is 7.51. The lowest BCUT2D eigenvalue weighted by Gasteiger charge is -2.35. The number of fused-ring (bicyclic) bond motifs is 1. The Morgan fingerprint density at radius 2 is 1.58 bits per heavy atom. The number of benzene rings is 2. The van der Waals surface area contributed by atoms with Crippen LogP contribution in [-0.2, 0) is 11.3 Å². The van der Waals surface area contributed by atoms with Crippen molar-refractivity contribution in [3.05, 3.63) is 88.7 Å². The third-order valence-electron chi connectivity index (χ3n) is 6.73. The van der Waals surface area contributed by atoms with Crippen LogP contribution in [0.15, 0.2) is 72.9 Å². The molecule has 36 heavy (non-hydrogen) atoms. The Balaban J connectivity index is 1.51. The summed E-state index contributed by atoms with van der Waals surface area (Å²) in [6.07, 6.45) is 2.11. The monoisotopic (exact) mass is 483 g/mol. The Morgan fingerprint density at radius 3 is 2.22 bits per heavy atom. The van der Waals surface area contributed by atoms with E-state index < -0.39 is 4.92 Å². The molecule has 1 saturated heterocycles. The third-order valence-corrected chi connectivity index (χ3v) is 6.73. The Kier molecular flexibility index (Phi) is 6.52. The normalized spacial score (nSPS) is 14.5. The average molecular weight is 484 g/mol. The number of amides is 1. The van der Waals surface area contributed by atoms with Gasteiger partial charge < -0.3 is 9.30 Å². The van der Waals surface area contributed by atoms with Gasteiger partial charge in [-0.3, -0.25) is 19.8 Å². The topological polar surface area (TPSA) is 84.0 Å². The molecule has 5 rings (SSSR count). The number of nitrogens with zero attached hydrogens (tertiary/aromatic N) is 5. The van der Waals surface area contributed by atoms with Crippen molar-refractivity contribution in [3.8, 4) is 22.4 Å². The van der Waals surface area contributed by atoms with Crippen molar-refractivity contribution >= 4 is 17.2 Å². The van der Waals surface area contributed by atoms with E-state index in [4.69, 9.17) is 4.98 Å². The minimum atomic E-state index is -0.390. The lowest BCUT2D eigenvalue weighted by Crippen LogP contribution is -2.49. The van der Waals surface area contributed by atoms with E-state index in [0.717, 1.165) is 46.8 Å². The molecular formula is C28H29N5O3. The number of piperazine rings is 1. The van der Waals surface area contributed by atoms with Crippen molar-refractivity contribution in [1.82, 2.24) is 19.2 Å². The first-order chi connectivity index (χ1) is 17.4. The van der Waals surface area contributed by atoms with E-state index in [9.17, 15) is 14.9 Å². The van der Waals surface area contributed by atoms with Gasteiger partial charge in [-0.25, -0.2) is 4.98 Å². The number of non-ortho nitro benzene ring substituents is 1. The number of carbonyl (C=O) groups is 1. The highest BCUT2D eigenvalue weighted by molar-refractivity contribution is 5.78. The molecule has 0 atom stereocenters. The zero-order chi connectivity index (χ0) is 25.2. The molecule has 3 heterocycles. The van der Waals surface area contributed by atoms with Crippen LogP contribution in [0.1, 0.15) is 19.5 Å². The van der Waals surface area contributed by atoms with E-state index in [1.807, 2.05) is 43.0 Å². The lowest BCUT2D eigenvalue weighted by molar-refractivity contribution is -0.384. The molecule has 0 radical (unpaired) electrons. The number of rotatable bonds is 6. The maximum absolute atomic E-state index is 12.4. The van der Waals surface area contributed by atoms with E-state index in [0.29, 0.717) is 19.6 Å². The number of nitro benzene ring substituents is 1. The predicted molar refractivity (Wildman–Crippen MR) is 139 cm³/mol. The smallest absolute Gasteiger partial charge is 0.269 e. The van der Waals surface area contributed by atoms with Gasteiger partial charge in [0.15, 0.2) is 0 Å². The van der Waals surface area contributed by atoms with E-state index in [2.05, 4.69) is 33.7 Å². The van der Waals surface area contributed by atoms with E-state index in [-0.39, 0.29) is 17.5 Å². The molecule has 4 aromatic rings. The molecule has 1 amide bonds. The number of carbonyl (C=O) groups excluding carboxylic acids is 1. The second kappa shape index (κ2) is 9.91. The van der Waals surface area contributed by atoms with Crippen LogP contribution in [0, 0.1) is 16.0 Å². The quantitative estimate of drug-likeness (QED) is 0.288. The van der Waals surface area contributed by atoms with Crippen molar-refractivity contribution in [2.45, 2.75) is 20.4 Å². The summed E-state index contributed by atoms with van der Waals surface area (Å²) in [5.41, 5.74) is 5.78. The molecule has 0 N–H and O–H groups in total. The highest BCUT2D eigenvalue weighted by atomic mass is 16.6. The van der Waals surface area contributed by atoms with Crippen LogP contribution in [0.5, 0.6) is 0 Å². The highest BCUT2D eigenvalue weighted by Gasteiger charge is 2.25. The van der Waals surface area contributed by atoms with Gasteiger partial charge in [0.25, 0.3) is 5.69 Å². The minimum absolute atomic E-state index is 0.000436. The number of aromatic nitrogens is 2. The van der Waals surface area contributed by atoms with Crippen LogP contribution in [0.3, 0.4) is 0 Å². The Labute approximate surface area is 209 Å². The Bertz CT molecular complexity index is 1390. The summed E-state index contributed by atoms with van der Waals surface area (Å²) >= 11 is 0. The van der Waals surface area contributed by atoms with Crippen LogP contribution in [0.4, 0.5) is 5.69 Å². The minimum Gasteiger partial charge on any atom is -0.340 e. The third kappa shape index (κ3) is 4.72. The first-order valence-electron chi connectivity index (χ1n) is 12.2. The van der Waals surface area contributed by atoms with Crippen LogP contribution < -0.4 is 0 Å². The summed E-state index contributed by atoms with van der Waals surface area (Å²) in [7, 11) is 0. The maximum atomic E-state index is 12.4. The van der Waals surface area contributed by atoms with Gasteiger partial charge in [-0.15, -0.1) is 0 Å². The molecule has 0 spiro atoms. The SMILES string of the molecule is CC(C)C(=O)N1CCN(Cc2c(-c3ccc([N+](=O)[O-])cc3)nc3ccc(-c4ccccc4)cn23)CC1. The number of imidazole rings is 1. The van der Waals surface area contributed by atoms with Gasteiger partial charge >= 0.3 is 0 Å². The van der Waals surface area contributed by atoms with E-state index in [1.54, 1.807) is 12.1 Å². The molecule has 1 aliphatic rings. The summed E-state index contributed by atoms with van der Waals surface area (Å²) < 4.78 is 2.13. The van der Waals surface area contributed by atoms with E-state index >= 15 is 0 Å². The lowest BCUT2D eigenvalue weighted by atomic mass is 10.1. The van der Waals surface area contributed by atoms with Crippen LogP contribution >= 0.6 is 0 Å². The van der Waals surface area contributed by atoms with Gasteiger partial charge in [0.05, 0.1) is 16.3 Å². The number of nitro groups is 1. The second-order valence-electron chi connectivity index (χ2n) is 9.48. The molecule has 184 valence electrons. The van der Waals surface area contributed by atoms with Crippen molar-refractivity contribution in [2.75, 3.05) is 26.2 Å². The van der Waals surface area contributed by atoms with Crippen molar-refractivity contribution in [1.29, 1.82) is 0 Å². The van der Waals surface area contributed by atoms with Crippen LogP contribution in [0.25, 0.3) is 28.0 Å². The fourth-order valence-electron chi connectivity index (χ4n) is 4.72. The maximum Gasteiger partial charge on any atom is 0.269 e. The second-order valence-corrected chi connectivity index (χ2v) is 9.48. The molecule has 2 aromatic carbocycles. The molecule has 1 aliphatic heterocycles. The van der Waals surface area contributed by atoms with Gasteiger partial charge in [0, 0.05) is 62.5 Å². The molecule has 1 fully saturated rings. The average Bonchev–Trinajstić information content (AvgIpc) is 3.26. The molecule has 0 unspecified atom stereocenters. The zero-order valence-electron chi connectivity index (χ0n) is 20.5. The molecular weight excluding hydrogens is 454 g/mol. The van der Waals surface area contributed by atoms with Gasteiger partial charge in [0.2, 0.25) is 5.91 Å². The number of pyridine rings is 1. The van der Waals surface area contributed by atoms with Crippen molar-refractivity contribution in [2.24, 2.45) is 5.92 Å². The first kappa shape index (κ1) is 23.7. The number of hydrogen-bond donors (Lipinski definition) is 0. The highest BCUT2D eigenvalue weighted by Crippen LogP contribution is 2.30. The molecule has 0 aliphatic carbocycles.